The van der Waals surface area contributed by atoms with Gasteiger partial charge in [0.15, 0.2) is 5.58 Å². The standard InChI is InChI=1S/C20H11ClN4O4/c21-12-4-2-1-3-10(12)20-23-13-6-5-9(7-14(13)29-20)25-15(26)8-11-16(17(25)22)19(28)24-18(11)27/h1-8H,22H2,(H,24,27,28). The summed E-state index contributed by atoms with van der Waals surface area (Å²) in [6.45, 7) is 0. The molecule has 0 radical (unpaired) electrons. The van der Waals surface area contributed by atoms with Crippen LogP contribution in [0.4, 0.5) is 5.82 Å². The van der Waals surface area contributed by atoms with Gasteiger partial charge in [-0.1, -0.05) is 23.7 Å². The number of hydrogen-bond acceptors (Lipinski definition) is 6. The lowest BCUT2D eigenvalue weighted by atomic mass is 10.1. The average Bonchev–Trinajstić information content (AvgIpc) is 3.22. The van der Waals surface area contributed by atoms with Crippen molar-refractivity contribution in [3.8, 4) is 17.1 Å². The number of fused-ring (bicyclic) bond motifs is 2. The Balaban J connectivity index is 1.69. The lowest BCUT2D eigenvalue weighted by Crippen LogP contribution is -2.24. The van der Waals surface area contributed by atoms with Crippen molar-refractivity contribution in [2.45, 2.75) is 0 Å². The van der Waals surface area contributed by atoms with E-state index in [2.05, 4.69) is 10.3 Å². The first-order valence-corrected chi connectivity index (χ1v) is 8.89. The Morgan fingerprint density at radius 1 is 1.00 bits per heavy atom. The Labute approximate surface area is 167 Å². The van der Waals surface area contributed by atoms with Gasteiger partial charge in [-0.3, -0.25) is 24.3 Å². The molecule has 142 valence electrons. The lowest BCUT2D eigenvalue weighted by molar-refractivity contribution is 0.0880. The molecule has 0 unspecified atom stereocenters. The fourth-order valence-corrected chi connectivity index (χ4v) is 3.56. The van der Waals surface area contributed by atoms with E-state index in [9.17, 15) is 14.4 Å². The van der Waals surface area contributed by atoms with Crippen molar-refractivity contribution in [2.24, 2.45) is 0 Å². The Morgan fingerprint density at radius 3 is 2.59 bits per heavy atom. The van der Waals surface area contributed by atoms with Gasteiger partial charge in [-0.05, 0) is 24.3 Å². The zero-order valence-electron chi connectivity index (χ0n) is 14.6. The largest absolute Gasteiger partial charge is 0.436 e. The molecule has 3 heterocycles. The number of carbonyl (C=O) groups is 2. The molecule has 3 N–H and O–H groups in total. The minimum absolute atomic E-state index is 0.0241. The molecule has 0 bridgehead atoms. The van der Waals surface area contributed by atoms with Crippen molar-refractivity contribution < 1.29 is 14.0 Å². The third kappa shape index (κ3) is 2.54. The number of nitrogens with one attached hydrogen (secondary N) is 1. The van der Waals surface area contributed by atoms with Gasteiger partial charge in [-0.15, -0.1) is 0 Å². The molecular weight excluding hydrogens is 396 g/mol. The van der Waals surface area contributed by atoms with Crippen LogP contribution >= 0.6 is 11.6 Å². The summed E-state index contributed by atoms with van der Waals surface area (Å²) < 4.78 is 6.97. The van der Waals surface area contributed by atoms with Crippen LogP contribution in [-0.4, -0.2) is 21.4 Å². The van der Waals surface area contributed by atoms with E-state index in [0.717, 1.165) is 10.6 Å². The summed E-state index contributed by atoms with van der Waals surface area (Å²) in [5, 5.41) is 2.63. The van der Waals surface area contributed by atoms with Crippen molar-refractivity contribution in [1.82, 2.24) is 14.9 Å². The molecule has 5 rings (SSSR count). The lowest BCUT2D eigenvalue weighted by Gasteiger charge is -2.11. The number of aromatic nitrogens is 2. The van der Waals surface area contributed by atoms with Crippen molar-refractivity contribution in [1.29, 1.82) is 0 Å². The Bertz CT molecular complexity index is 1420. The van der Waals surface area contributed by atoms with Gasteiger partial charge >= 0.3 is 0 Å². The van der Waals surface area contributed by atoms with Crippen LogP contribution in [0.15, 0.2) is 57.7 Å². The maximum Gasteiger partial charge on any atom is 0.262 e. The van der Waals surface area contributed by atoms with Gasteiger partial charge in [-0.2, -0.15) is 0 Å². The van der Waals surface area contributed by atoms with Gasteiger partial charge in [0.25, 0.3) is 17.4 Å². The molecule has 0 fully saturated rings. The topological polar surface area (TPSA) is 120 Å². The number of pyridine rings is 1. The van der Waals surface area contributed by atoms with E-state index in [1.807, 2.05) is 6.07 Å². The van der Waals surface area contributed by atoms with Gasteiger partial charge in [0, 0.05) is 12.1 Å². The van der Waals surface area contributed by atoms with E-state index in [0.29, 0.717) is 33.3 Å². The molecule has 2 amide bonds. The molecular formula is C20H11ClN4O4. The molecule has 0 aliphatic carbocycles. The Hall–Kier alpha value is -3.91. The zero-order valence-corrected chi connectivity index (χ0v) is 15.4. The number of rotatable bonds is 2. The van der Waals surface area contributed by atoms with E-state index in [-0.39, 0.29) is 16.9 Å². The van der Waals surface area contributed by atoms with E-state index >= 15 is 0 Å². The van der Waals surface area contributed by atoms with Gasteiger partial charge in [0.2, 0.25) is 5.89 Å². The van der Waals surface area contributed by atoms with Crippen LogP contribution in [0.1, 0.15) is 20.7 Å². The number of carbonyl (C=O) groups excluding carboxylic acids is 2. The van der Waals surface area contributed by atoms with Crippen molar-refractivity contribution in [3.05, 3.63) is 75.0 Å². The molecule has 1 aliphatic rings. The summed E-state index contributed by atoms with van der Waals surface area (Å²) in [6, 6.07) is 13.1. The normalized spacial score (nSPS) is 13.0. The number of hydrogen-bond donors (Lipinski definition) is 2. The molecule has 4 aromatic rings. The Morgan fingerprint density at radius 2 is 1.79 bits per heavy atom. The minimum atomic E-state index is -0.643. The summed E-state index contributed by atoms with van der Waals surface area (Å²) in [6.07, 6.45) is 0. The number of oxazole rings is 1. The van der Waals surface area contributed by atoms with Gasteiger partial charge in [0.1, 0.15) is 11.3 Å². The first kappa shape index (κ1) is 17.2. The predicted octanol–water partition coefficient (Wildman–Crippen LogP) is 2.76. The average molecular weight is 407 g/mol. The first-order valence-electron chi connectivity index (χ1n) is 8.51. The molecule has 2 aromatic heterocycles. The molecule has 29 heavy (non-hydrogen) atoms. The smallest absolute Gasteiger partial charge is 0.262 e. The second-order valence-corrected chi connectivity index (χ2v) is 6.83. The molecule has 0 saturated carbocycles. The number of halogens is 1. The number of amides is 2. The highest BCUT2D eigenvalue weighted by Crippen LogP contribution is 2.31. The number of nitrogens with two attached hydrogens (primary N) is 1. The maximum atomic E-state index is 12.6. The number of nitrogens with zero attached hydrogens (tertiary/aromatic N) is 2. The molecule has 1 aliphatic heterocycles. The minimum Gasteiger partial charge on any atom is -0.436 e. The molecule has 0 spiro atoms. The third-order valence-electron chi connectivity index (χ3n) is 4.69. The fraction of sp³-hybridized carbons (Fsp3) is 0. The van der Waals surface area contributed by atoms with Crippen molar-refractivity contribution >= 4 is 40.3 Å². The molecule has 2 aromatic carbocycles. The van der Waals surface area contributed by atoms with E-state index in [4.69, 9.17) is 21.8 Å². The molecule has 8 nitrogen and oxygen atoms in total. The number of imide groups is 1. The summed E-state index contributed by atoms with van der Waals surface area (Å²) >= 11 is 6.21. The molecule has 9 heteroatoms. The first-order chi connectivity index (χ1) is 13.9. The zero-order chi connectivity index (χ0) is 20.3. The SMILES string of the molecule is Nc1c2c(cc(=O)n1-c1ccc3nc(-c4ccccc4Cl)oc3c1)C(=O)NC2=O. The number of anilines is 1. The number of benzene rings is 2. The molecule has 0 saturated heterocycles. The van der Waals surface area contributed by atoms with Crippen LogP contribution in [0, 0.1) is 0 Å². The van der Waals surface area contributed by atoms with Crippen LogP contribution in [-0.2, 0) is 0 Å². The summed E-state index contributed by atoms with van der Waals surface area (Å²) in [4.78, 5) is 40.8. The van der Waals surface area contributed by atoms with E-state index in [1.54, 1.807) is 36.4 Å². The Kier molecular flexibility index (Phi) is 3.59. The maximum absolute atomic E-state index is 12.6. The van der Waals surface area contributed by atoms with E-state index < -0.39 is 17.4 Å². The predicted molar refractivity (Wildman–Crippen MR) is 106 cm³/mol. The summed E-state index contributed by atoms with van der Waals surface area (Å²) in [5.74, 6) is -1.07. The van der Waals surface area contributed by atoms with Gasteiger partial charge in [0.05, 0.1) is 27.4 Å². The van der Waals surface area contributed by atoms with Crippen molar-refractivity contribution in [2.75, 3.05) is 5.73 Å². The highest BCUT2D eigenvalue weighted by Gasteiger charge is 2.31. The summed E-state index contributed by atoms with van der Waals surface area (Å²) in [7, 11) is 0. The second-order valence-electron chi connectivity index (χ2n) is 6.43. The highest BCUT2D eigenvalue weighted by atomic mass is 35.5. The van der Waals surface area contributed by atoms with Crippen LogP contribution in [0.3, 0.4) is 0 Å². The highest BCUT2D eigenvalue weighted by molar-refractivity contribution is 6.33. The van der Waals surface area contributed by atoms with Crippen molar-refractivity contribution in [3.63, 3.8) is 0 Å². The van der Waals surface area contributed by atoms with Gasteiger partial charge < -0.3 is 10.2 Å². The van der Waals surface area contributed by atoms with Crippen LogP contribution in [0.2, 0.25) is 5.02 Å². The van der Waals surface area contributed by atoms with Crippen LogP contribution in [0.25, 0.3) is 28.2 Å². The molecule has 0 atom stereocenters. The second kappa shape index (κ2) is 6.05. The summed E-state index contributed by atoms with van der Waals surface area (Å²) in [5.41, 5.74) is 7.44. The van der Waals surface area contributed by atoms with Gasteiger partial charge in [-0.25, -0.2) is 4.98 Å². The fourth-order valence-electron chi connectivity index (χ4n) is 3.35. The van der Waals surface area contributed by atoms with Crippen LogP contribution in [0.5, 0.6) is 0 Å². The van der Waals surface area contributed by atoms with Crippen LogP contribution < -0.4 is 16.6 Å². The van der Waals surface area contributed by atoms with E-state index in [1.165, 1.54) is 0 Å². The number of nitrogen functional groups attached to an aromatic ring is 1. The quantitative estimate of drug-likeness (QED) is 0.494. The third-order valence-corrected chi connectivity index (χ3v) is 5.02. The monoisotopic (exact) mass is 406 g/mol.